The van der Waals surface area contributed by atoms with Crippen molar-refractivity contribution in [2.24, 2.45) is 0 Å². The predicted molar refractivity (Wildman–Crippen MR) is 120 cm³/mol. The molecule has 4 aromatic rings. The monoisotopic (exact) mass is 436 g/mol. The third-order valence-corrected chi connectivity index (χ3v) is 5.80. The molecule has 0 aliphatic rings. The number of para-hydroxylation sites is 1. The molecule has 0 spiro atoms. The Labute approximate surface area is 182 Å². The molecule has 0 aliphatic heterocycles. The van der Waals surface area contributed by atoms with Gasteiger partial charge < -0.3 is 5.32 Å². The van der Waals surface area contributed by atoms with Gasteiger partial charge in [-0.2, -0.15) is 4.68 Å². The van der Waals surface area contributed by atoms with E-state index in [1.807, 2.05) is 36.6 Å². The number of benzene rings is 2. The maximum absolute atomic E-state index is 13.7. The molecular weight excluding hydrogens is 415 g/mol. The maximum atomic E-state index is 13.7. The third kappa shape index (κ3) is 4.49. The molecule has 0 fully saturated rings. The molecule has 0 saturated carbocycles. The van der Waals surface area contributed by atoms with E-state index in [9.17, 15) is 14.0 Å². The summed E-state index contributed by atoms with van der Waals surface area (Å²) < 4.78 is 15.1. The van der Waals surface area contributed by atoms with Gasteiger partial charge in [-0.15, -0.1) is 11.3 Å². The Morgan fingerprint density at radius 1 is 1.16 bits per heavy atom. The molecule has 0 saturated heterocycles. The summed E-state index contributed by atoms with van der Waals surface area (Å²) in [5.41, 5.74) is 4.02. The van der Waals surface area contributed by atoms with Gasteiger partial charge in [0.05, 0.1) is 11.4 Å². The molecule has 158 valence electrons. The van der Waals surface area contributed by atoms with Crippen LogP contribution in [0.1, 0.15) is 23.2 Å². The molecule has 0 radical (unpaired) electrons. The Bertz CT molecular complexity index is 1290. The van der Waals surface area contributed by atoms with Crippen LogP contribution in [-0.4, -0.2) is 20.7 Å². The number of hydrogen-bond acceptors (Lipinski definition) is 4. The first-order chi connectivity index (χ1) is 14.9. The number of hydrogen-bond donors (Lipinski definition) is 2. The van der Waals surface area contributed by atoms with Crippen molar-refractivity contribution in [3.63, 3.8) is 0 Å². The van der Waals surface area contributed by atoms with Crippen LogP contribution in [0, 0.1) is 19.7 Å². The van der Waals surface area contributed by atoms with Crippen LogP contribution in [0.2, 0.25) is 0 Å². The first-order valence-electron chi connectivity index (χ1n) is 9.80. The van der Waals surface area contributed by atoms with Crippen molar-refractivity contribution in [2.75, 3.05) is 5.32 Å². The second-order valence-electron chi connectivity index (χ2n) is 7.27. The number of H-pyrrole nitrogens is 1. The van der Waals surface area contributed by atoms with Crippen molar-refractivity contribution in [3.05, 3.63) is 86.9 Å². The van der Waals surface area contributed by atoms with Gasteiger partial charge in [0.25, 0.3) is 5.56 Å². The van der Waals surface area contributed by atoms with E-state index in [1.165, 1.54) is 33.7 Å². The number of thiazole rings is 1. The third-order valence-electron chi connectivity index (χ3n) is 4.97. The fraction of sp³-hybridized carbons (Fsp3) is 0.174. The second kappa shape index (κ2) is 8.69. The number of aryl methyl sites for hydroxylation is 2. The van der Waals surface area contributed by atoms with Crippen molar-refractivity contribution in [1.82, 2.24) is 14.8 Å². The Morgan fingerprint density at radius 2 is 1.90 bits per heavy atom. The molecule has 2 N–H and O–H groups in total. The molecule has 0 bridgehead atoms. The average molecular weight is 437 g/mol. The fourth-order valence-corrected chi connectivity index (χ4v) is 4.04. The molecular formula is C23H21FN4O2S. The van der Waals surface area contributed by atoms with E-state index in [2.05, 4.69) is 15.4 Å². The number of rotatable bonds is 6. The topological polar surface area (TPSA) is 79.8 Å². The first kappa shape index (κ1) is 20.7. The molecule has 8 heteroatoms. The highest BCUT2D eigenvalue weighted by Gasteiger charge is 2.17. The Hall–Kier alpha value is -3.52. The van der Waals surface area contributed by atoms with Gasteiger partial charge >= 0.3 is 0 Å². The molecule has 0 atom stereocenters. The van der Waals surface area contributed by atoms with Crippen molar-refractivity contribution in [3.8, 4) is 16.4 Å². The first-order valence-corrected chi connectivity index (χ1v) is 10.7. The number of aromatic nitrogens is 3. The predicted octanol–water partition coefficient (Wildman–Crippen LogP) is 4.62. The summed E-state index contributed by atoms with van der Waals surface area (Å²) in [7, 11) is 0. The van der Waals surface area contributed by atoms with Crippen molar-refractivity contribution in [2.45, 2.75) is 26.7 Å². The van der Waals surface area contributed by atoms with Gasteiger partial charge in [-0.25, -0.2) is 9.37 Å². The Kier molecular flexibility index (Phi) is 5.81. The normalized spacial score (nSPS) is 10.9. The fourth-order valence-electron chi connectivity index (χ4n) is 3.25. The summed E-state index contributed by atoms with van der Waals surface area (Å²) >= 11 is 1.37. The molecule has 4 rings (SSSR count). The van der Waals surface area contributed by atoms with Gasteiger partial charge in [0.15, 0.2) is 0 Å². The van der Waals surface area contributed by atoms with E-state index in [4.69, 9.17) is 0 Å². The van der Waals surface area contributed by atoms with Gasteiger partial charge in [-0.3, -0.25) is 14.7 Å². The van der Waals surface area contributed by atoms with Gasteiger partial charge in [-0.05, 0) is 32.4 Å². The highest BCUT2D eigenvalue weighted by molar-refractivity contribution is 7.12. The minimum Gasteiger partial charge on any atom is -0.324 e. The Morgan fingerprint density at radius 3 is 2.65 bits per heavy atom. The zero-order valence-corrected chi connectivity index (χ0v) is 17.9. The Balaban J connectivity index is 1.49. The number of carbonyl (C=O) groups is 1. The number of nitrogens with one attached hydrogen (secondary N) is 2. The van der Waals surface area contributed by atoms with Gasteiger partial charge in [0, 0.05) is 28.6 Å². The molecule has 2 aromatic heterocycles. The lowest BCUT2D eigenvalue weighted by atomic mass is 10.1. The van der Waals surface area contributed by atoms with Crippen LogP contribution in [0.15, 0.2) is 58.7 Å². The number of aromatic amines is 1. The zero-order chi connectivity index (χ0) is 22.0. The molecule has 31 heavy (non-hydrogen) atoms. The summed E-state index contributed by atoms with van der Waals surface area (Å²) in [5, 5.41) is 8.03. The van der Waals surface area contributed by atoms with E-state index < -0.39 is 5.82 Å². The number of halogens is 1. The number of anilines is 1. The van der Waals surface area contributed by atoms with E-state index in [1.54, 1.807) is 19.1 Å². The number of amides is 1. The van der Waals surface area contributed by atoms with Crippen LogP contribution in [-0.2, 0) is 11.2 Å². The minimum atomic E-state index is -0.496. The minimum absolute atomic E-state index is 0.0642. The molecule has 2 aromatic carbocycles. The van der Waals surface area contributed by atoms with Crippen molar-refractivity contribution < 1.29 is 9.18 Å². The van der Waals surface area contributed by atoms with E-state index >= 15 is 0 Å². The van der Waals surface area contributed by atoms with Gasteiger partial charge in [-0.1, -0.05) is 42.0 Å². The molecule has 1 amide bonds. The summed E-state index contributed by atoms with van der Waals surface area (Å²) in [6.07, 6.45) is 0.305. The summed E-state index contributed by atoms with van der Waals surface area (Å²) in [5.74, 6) is -0.850. The van der Waals surface area contributed by atoms with Crippen LogP contribution >= 0.6 is 11.3 Å². The van der Waals surface area contributed by atoms with E-state index in [0.717, 1.165) is 11.3 Å². The summed E-state index contributed by atoms with van der Waals surface area (Å²) in [6, 6.07) is 14.0. The maximum Gasteiger partial charge on any atom is 0.276 e. The van der Waals surface area contributed by atoms with Crippen LogP contribution < -0.4 is 10.9 Å². The smallest absolute Gasteiger partial charge is 0.276 e. The summed E-state index contributed by atoms with van der Waals surface area (Å²) in [6.45, 7) is 3.81. The largest absolute Gasteiger partial charge is 0.324 e. The number of nitrogens with zero attached hydrogens (tertiary/aromatic N) is 2. The molecule has 6 nitrogen and oxygen atoms in total. The average Bonchev–Trinajstić information content (AvgIpc) is 3.34. The lowest BCUT2D eigenvalue weighted by molar-refractivity contribution is -0.116. The van der Waals surface area contributed by atoms with Crippen molar-refractivity contribution >= 4 is 22.9 Å². The molecule has 0 unspecified atom stereocenters. The highest BCUT2D eigenvalue weighted by Crippen LogP contribution is 2.24. The highest BCUT2D eigenvalue weighted by atomic mass is 32.1. The van der Waals surface area contributed by atoms with Crippen LogP contribution in [0.25, 0.3) is 16.4 Å². The molecule has 2 heterocycles. The summed E-state index contributed by atoms with van der Waals surface area (Å²) in [4.78, 5) is 29.7. The lowest BCUT2D eigenvalue weighted by Crippen LogP contribution is -2.19. The van der Waals surface area contributed by atoms with Gasteiger partial charge in [0.2, 0.25) is 11.0 Å². The van der Waals surface area contributed by atoms with E-state index in [-0.39, 0.29) is 30.0 Å². The zero-order valence-electron chi connectivity index (χ0n) is 17.1. The standard InChI is InChI=1S/C23H21FN4O2S/c1-14-7-9-16(10-8-14)20-13-31-23(26-20)28-22(30)17(15(2)27-28)11-12-21(29)25-19-6-4-3-5-18(19)24/h3-10,13,27H,11-12H2,1-2H3,(H,25,29). The second-order valence-corrected chi connectivity index (χ2v) is 8.10. The van der Waals surface area contributed by atoms with E-state index in [0.29, 0.717) is 16.4 Å². The van der Waals surface area contributed by atoms with Gasteiger partial charge in [0.1, 0.15) is 5.82 Å². The number of carbonyl (C=O) groups excluding carboxylic acids is 1. The van der Waals surface area contributed by atoms with Crippen LogP contribution in [0.4, 0.5) is 10.1 Å². The molecule has 0 aliphatic carbocycles. The quantitative estimate of drug-likeness (QED) is 0.463. The van der Waals surface area contributed by atoms with Crippen molar-refractivity contribution in [1.29, 1.82) is 0 Å². The SMILES string of the molecule is Cc1ccc(-c2csc(-n3[nH]c(C)c(CCC(=O)Nc4ccccc4F)c3=O)n2)cc1. The van der Waals surface area contributed by atoms with Crippen LogP contribution in [0.5, 0.6) is 0 Å². The van der Waals surface area contributed by atoms with Crippen LogP contribution in [0.3, 0.4) is 0 Å². The lowest BCUT2D eigenvalue weighted by Gasteiger charge is -2.05.